The van der Waals surface area contributed by atoms with Crippen molar-refractivity contribution in [2.45, 2.75) is 38.5 Å². The van der Waals surface area contributed by atoms with E-state index in [2.05, 4.69) is 233 Å². The first-order valence-electron chi connectivity index (χ1n) is 21.8. The molecule has 9 aromatic carbocycles. The summed E-state index contributed by atoms with van der Waals surface area (Å²) in [5.41, 5.74) is 21.5. The van der Waals surface area contributed by atoms with Gasteiger partial charge in [0.25, 0.3) is 0 Å². The summed E-state index contributed by atoms with van der Waals surface area (Å²) in [5.74, 6) is 0. The van der Waals surface area contributed by atoms with Gasteiger partial charge in [-0.3, -0.25) is 0 Å². The van der Waals surface area contributed by atoms with Crippen LogP contribution in [0.15, 0.2) is 200 Å². The van der Waals surface area contributed by atoms with Crippen molar-refractivity contribution in [3.8, 4) is 55.6 Å². The molecule has 1 aromatic heterocycles. The van der Waals surface area contributed by atoms with Gasteiger partial charge >= 0.3 is 0 Å². The van der Waals surface area contributed by atoms with Crippen LogP contribution in [0.1, 0.15) is 49.9 Å². The standard InChI is InChI=1S/C60H45NS/c1-59(2)51-28-10-6-21-48(51)56-46(25-15-29-52(56)59)45-20-7-11-30-53(45)61(40-35-33-38(34-36-40)42-23-16-32-55-57(42)49-22-8-12-31-54(49)62-55)41-18-13-17-39(37-41)43-24-14-26-47-44-19-5-9-27-50(44)60(3,4)58(43)47/h5-37H,1-4H3. The highest BCUT2D eigenvalue weighted by Crippen LogP contribution is 2.55. The second-order valence-corrected chi connectivity index (χ2v) is 19.1. The van der Waals surface area contributed by atoms with Gasteiger partial charge in [0.1, 0.15) is 0 Å². The van der Waals surface area contributed by atoms with Gasteiger partial charge in [0.2, 0.25) is 0 Å². The van der Waals surface area contributed by atoms with Gasteiger partial charge in [0, 0.05) is 47.9 Å². The van der Waals surface area contributed by atoms with Gasteiger partial charge in [0.15, 0.2) is 0 Å². The number of benzene rings is 9. The number of thiophene rings is 1. The molecule has 0 unspecified atom stereocenters. The zero-order valence-electron chi connectivity index (χ0n) is 35.4. The first kappa shape index (κ1) is 36.8. The highest BCUT2D eigenvalue weighted by atomic mass is 32.1. The largest absolute Gasteiger partial charge is 0.310 e. The highest BCUT2D eigenvalue weighted by Gasteiger charge is 2.38. The molecule has 1 heterocycles. The maximum Gasteiger partial charge on any atom is 0.0540 e. The van der Waals surface area contributed by atoms with E-state index >= 15 is 0 Å². The van der Waals surface area contributed by atoms with Gasteiger partial charge in [0.05, 0.1) is 5.69 Å². The Balaban J connectivity index is 1.06. The van der Waals surface area contributed by atoms with E-state index in [0.29, 0.717) is 0 Å². The van der Waals surface area contributed by atoms with Crippen molar-refractivity contribution < 1.29 is 0 Å². The van der Waals surface area contributed by atoms with Crippen LogP contribution >= 0.6 is 11.3 Å². The van der Waals surface area contributed by atoms with E-state index in [0.717, 1.165) is 17.1 Å². The van der Waals surface area contributed by atoms with Gasteiger partial charge in [-0.25, -0.2) is 0 Å². The number of hydrogen-bond donors (Lipinski definition) is 0. The Morgan fingerprint density at radius 3 is 1.79 bits per heavy atom. The molecule has 0 spiro atoms. The number of anilines is 3. The van der Waals surface area contributed by atoms with E-state index in [1.54, 1.807) is 0 Å². The number of para-hydroxylation sites is 1. The van der Waals surface area contributed by atoms with Crippen molar-refractivity contribution in [2.24, 2.45) is 0 Å². The normalized spacial score (nSPS) is 14.1. The fourth-order valence-corrected chi connectivity index (χ4v) is 12.1. The van der Waals surface area contributed by atoms with E-state index in [4.69, 9.17) is 0 Å². The van der Waals surface area contributed by atoms with E-state index < -0.39 is 0 Å². The molecule has 0 N–H and O–H groups in total. The van der Waals surface area contributed by atoms with Crippen LogP contribution in [0.25, 0.3) is 75.8 Å². The molecular weight excluding hydrogens is 767 g/mol. The zero-order chi connectivity index (χ0) is 41.7. The van der Waals surface area contributed by atoms with E-state index in [1.165, 1.54) is 98.1 Å². The van der Waals surface area contributed by atoms with Gasteiger partial charge in [-0.2, -0.15) is 0 Å². The minimum atomic E-state index is -0.130. The van der Waals surface area contributed by atoms with Crippen molar-refractivity contribution in [3.63, 3.8) is 0 Å². The average Bonchev–Trinajstić information content (AvgIpc) is 3.90. The quantitative estimate of drug-likeness (QED) is 0.162. The Bertz CT molecular complexity index is 3420. The van der Waals surface area contributed by atoms with Crippen molar-refractivity contribution >= 4 is 48.6 Å². The molecule has 0 bridgehead atoms. The summed E-state index contributed by atoms with van der Waals surface area (Å²) in [4.78, 5) is 2.48. The molecule has 0 aliphatic heterocycles. The summed E-state index contributed by atoms with van der Waals surface area (Å²) in [6, 6.07) is 74.7. The molecule has 2 heteroatoms. The Morgan fingerprint density at radius 1 is 0.371 bits per heavy atom. The van der Waals surface area contributed by atoms with E-state index in [-0.39, 0.29) is 10.8 Å². The molecule has 296 valence electrons. The van der Waals surface area contributed by atoms with Crippen LogP contribution in [-0.2, 0) is 10.8 Å². The lowest BCUT2D eigenvalue weighted by Crippen LogP contribution is -2.16. The summed E-state index contributed by atoms with van der Waals surface area (Å²) >= 11 is 1.87. The smallest absolute Gasteiger partial charge is 0.0540 e. The molecule has 2 aliphatic carbocycles. The Kier molecular flexibility index (Phi) is 8.17. The number of hydrogen-bond acceptors (Lipinski definition) is 2. The molecular formula is C60H45NS. The molecule has 0 radical (unpaired) electrons. The molecule has 0 atom stereocenters. The second kappa shape index (κ2) is 13.8. The van der Waals surface area contributed by atoms with Gasteiger partial charge in [-0.15, -0.1) is 11.3 Å². The molecule has 1 nitrogen and oxygen atoms in total. The van der Waals surface area contributed by atoms with E-state index in [9.17, 15) is 0 Å². The molecule has 0 saturated carbocycles. The Labute approximate surface area is 368 Å². The van der Waals surface area contributed by atoms with Crippen molar-refractivity contribution in [3.05, 3.63) is 222 Å². The predicted octanol–water partition coefficient (Wildman–Crippen LogP) is 17.1. The summed E-state index contributed by atoms with van der Waals surface area (Å²) in [6.45, 7) is 9.50. The number of nitrogens with zero attached hydrogens (tertiary/aromatic N) is 1. The third-order valence-corrected chi connectivity index (χ3v) is 15.0. The monoisotopic (exact) mass is 811 g/mol. The first-order valence-corrected chi connectivity index (χ1v) is 22.6. The fraction of sp³-hybridized carbons (Fsp3) is 0.100. The zero-order valence-corrected chi connectivity index (χ0v) is 36.2. The minimum absolute atomic E-state index is 0.0965. The van der Waals surface area contributed by atoms with Gasteiger partial charge < -0.3 is 4.90 Å². The van der Waals surface area contributed by atoms with Crippen LogP contribution in [0, 0.1) is 0 Å². The van der Waals surface area contributed by atoms with Crippen LogP contribution in [-0.4, -0.2) is 0 Å². The SMILES string of the molecule is CC1(C)c2ccccc2-c2c(-c3ccccc3N(c3ccc(-c4cccc5sc6ccccc6c45)cc3)c3cccc(-c4cccc5c4C(C)(C)c4ccccc4-5)c3)cccc21. The van der Waals surface area contributed by atoms with E-state index in [1.807, 2.05) is 11.3 Å². The van der Waals surface area contributed by atoms with Crippen LogP contribution in [0.4, 0.5) is 17.1 Å². The molecule has 10 aromatic rings. The van der Waals surface area contributed by atoms with Crippen molar-refractivity contribution in [1.29, 1.82) is 0 Å². The molecule has 12 rings (SSSR count). The Hall–Kier alpha value is -7.00. The summed E-state index contributed by atoms with van der Waals surface area (Å²) in [5, 5.41) is 2.65. The summed E-state index contributed by atoms with van der Waals surface area (Å²) in [7, 11) is 0. The maximum absolute atomic E-state index is 2.48. The van der Waals surface area contributed by atoms with Crippen LogP contribution < -0.4 is 4.90 Å². The minimum Gasteiger partial charge on any atom is -0.310 e. The van der Waals surface area contributed by atoms with Crippen LogP contribution in [0.3, 0.4) is 0 Å². The third kappa shape index (κ3) is 5.39. The van der Waals surface area contributed by atoms with Gasteiger partial charge in [-0.05, 0) is 115 Å². The summed E-state index contributed by atoms with van der Waals surface area (Å²) in [6.07, 6.45) is 0. The fourth-order valence-electron chi connectivity index (χ4n) is 11.0. The lowest BCUT2D eigenvalue weighted by molar-refractivity contribution is 0.660. The number of rotatable bonds is 6. The second-order valence-electron chi connectivity index (χ2n) is 18.0. The number of fused-ring (bicyclic) bond motifs is 9. The molecule has 0 amide bonds. The third-order valence-electron chi connectivity index (χ3n) is 13.9. The Morgan fingerprint density at radius 2 is 0.952 bits per heavy atom. The van der Waals surface area contributed by atoms with Crippen molar-refractivity contribution in [2.75, 3.05) is 4.90 Å². The lowest BCUT2D eigenvalue weighted by atomic mass is 9.79. The topological polar surface area (TPSA) is 3.24 Å². The van der Waals surface area contributed by atoms with Crippen LogP contribution in [0.5, 0.6) is 0 Å². The van der Waals surface area contributed by atoms with Crippen LogP contribution in [0.2, 0.25) is 0 Å². The first-order chi connectivity index (χ1) is 30.3. The molecule has 0 saturated heterocycles. The molecule has 62 heavy (non-hydrogen) atoms. The summed E-state index contributed by atoms with van der Waals surface area (Å²) < 4.78 is 2.64. The average molecular weight is 812 g/mol. The lowest BCUT2D eigenvalue weighted by Gasteiger charge is -2.30. The molecule has 0 fully saturated rings. The van der Waals surface area contributed by atoms with Crippen molar-refractivity contribution in [1.82, 2.24) is 0 Å². The van der Waals surface area contributed by atoms with Gasteiger partial charge in [-0.1, -0.05) is 185 Å². The maximum atomic E-state index is 2.48. The predicted molar refractivity (Wildman–Crippen MR) is 265 cm³/mol. The molecule has 2 aliphatic rings. The highest BCUT2D eigenvalue weighted by molar-refractivity contribution is 7.25.